The van der Waals surface area contributed by atoms with Crippen LogP contribution in [0.2, 0.25) is 0 Å². The van der Waals surface area contributed by atoms with Crippen LogP contribution in [0, 0.1) is 0 Å². The molecule has 0 radical (unpaired) electrons. The van der Waals surface area contributed by atoms with Crippen molar-refractivity contribution in [2.24, 2.45) is 0 Å². The molecule has 0 aliphatic carbocycles. The molecule has 1 aliphatic heterocycles. The van der Waals surface area contributed by atoms with Crippen LogP contribution in [0.5, 0.6) is 0 Å². The van der Waals surface area contributed by atoms with E-state index in [0.717, 1.165) is 16.7 Å². The Balaban J connectivity index is 2.45. The molecule has 14 heavy (non-hydrogen) atoms. The molecule has 0 fully saturated rings. The molecular formula is C11H10O3. The van der Waals surface area contributed by atoms with Gasteiger partial charge in [-0.3, -0.25) is 0 Å². The minimum atomic E-state index is -0.930. The fraction of sp³-hybridized carbons (Fsp3) is 0.182. The van der Waals surface area contributed by atoms with Crippen LogP contribution >= 0.6 is 0 Å². The van der Waals surface area contributed by atoms with Crippen molar-refractivity contribution in [2.45, 2.75) is 6.61 Å². The van der Waals surface area contributed by atoms with Crippen LogP contribution in [-0.2, 0) is 16.1 Å². The second-order valence-electron chi connectivity index (χ2n) is 3.16. The van der Waals surface area contributed by atoms with E-state index in [9.17, 15) is 4.79 Å². The predicted molar refractivity (Wildman–Crippen MR) is 51.7 cm³/mol. The molecule has 0 unspecified atom stereocenters. The summed E-state index contributed by atoms with van der Waals surface area (Å²) in [5, 5.41) is 8.66. The summed E-state index contributed by atoms with van der Waals surface area (Å²) >= 11 is 0. The van der Waals surface area contributed by atoms with E-state index in [1.54, 1.807) is 0 Å². The summed E-state index contributed by atoms with van der Waals surface area (Å²) in [7, 11) is 0. The molecule has 0 saturated heterocycles. The number of carbonyl (C=O) groups is 1. The molecule has 1 aromatic rings. The largest absolute Gasteiger partial charge is 0.478 e. The van der Waals surface area contributed by atoms with E-state index in [1.807, 2.05) is 24.3 Å². The van der Waals surface area contributed by atoms with Crippen molar-refractivity contribution in [3.05, 3.63) is 41.5 Å². The number of rotatable bonds is 1. The molecule has 1 heterocycles. The Bertz CT molecular complexity index is 393. The monoisotopic (exact) mass is 190 g/mol. The number of benzene rings is 1. The molecule has 1 N–H and O–H groups in total. The first-order chi connectivity index (χ1) is 6.77. The number of carboxylic acid groups (broad SMARTS) is 1. The molecule has 72 valence electrons. The minimum absolute atomic E-state index is 0.378. The maximum atomic E-state index is 10.5. The molecule has 0 spiro atoms. The van der Waals surface area contributed by atoms with Crippen LogP contribution < -0.4 is 0 Å². The zero-order valence-electron chi connectivity index (χ0n) is 7.56. The van der Waals surface area contributed by atoms with E-state index in [2.05, 4.69) is 0 Å². The van der Waals surface area contributed by atoms with Gasteiger partial charge in [0.2, 0.25) is 0 Å². The Kier molecular flexibility index (Phi) is 2.33. The van der Waals surface area contributed by atoms with Crippen LogP contribution in [-0.4, -0.2) is 17.7 Å². The van der Waals surface area contributed by atoms with Gasteiger partial charge in [-0.1, -0.05) is 24.3 Å². The Hall–Kier alpha value is -1.61. The lowest BCUT2D eigenvalue weighted by atomic mass is 9.98. The average molecular weight is 190 g/mol. The molecule has 0 bridgehead atoms. The van der Waals surface area contributed by atoms with Crippen molar-refractivity contribution in [1.29, 1.82) is 0 Å². The third-order valence-corrected chi connectivity index (χ3v) is 2.18. The second-order valence-corrected chi connectivity index (χ2v) is 3.16. The number of ether oxygens (including phenoxy) is 1. The lowest BCUT2D eigenvalue weighted by Gasteiger charge is -2.18. The zero-order chi connectivity index (χ0) is 9.97. The van der Waals surface area contributed by atoms with Gasteiger partial charge in [0, 0.05) is 6.08 Å². The fourth-order valence-corrected chi connectivity index (χ4v) is 1.58. The average Bonchev–Trinajstić information content (AvgIpc) is 2.18. The van der Waals surface area contributed by atoms with Gasteiger partial charge < -0.3 is 9.84 Å². The van der Waals surface area contributed by atoms with E-state index in [0.29, 0.717) is 13.2 Å². The summed E-state index contributed by atoms with van der Waals surface area (Å²) in [6.07, 6.45) is 1.21. The van der Waals surface area contributed by atoms with E-state index >= 15 is 0 Å². The highest BCUT2D eigenvalue weighted by molar-refractivity contribution is 5.91. The van der Waals surface area contributed by atoms with E-state index in [-0.39, 0.29) is 0 Å². The van der Waals surface area contributed by atoms with Crippen LogP contribution in [0.3, 0.4) is 0 Å². The Morgan fingerprint density at radius 2 is 2.14 bits per heavy atom. The Morgan fingerprint density at radius 1 is 1.36 bits per heavy atom. The van der Waals surface area contributed by atoms with Crippen molar-refractivity contribution in [2.75, 3.05) is 6.61 Å². The maximum Gasteiger partial charge on any atom is 0.328 e. The summed E-state index contributed by atoms with van der Waals surface area (Å²) in [6.45, 7) is 0.941. The quantitative estimate of drug-likeness (QED) is 0.685. The highest BCUT2D eigenvalue weighted by Crippen LogP contribution is 2.24. The maximum absolute atomic E-state index is 10.5. The van der Waals surface area contributed by atoms with E-state index in [1.165, 1.54) is 6.08 Å². The number of hydrogen-bond donors (Lipinski definition) is 1. The summed E-state index contributed by atoms with van der Waals surface area (Å²) in [5.41, 5.74) is 2.77. The highest BCUT2D eigenvalue weighted by atomic mass is 16.5. The lowest BCUT2D eigenvalue weighted by molar-refractivity contribution is -0.131. The molecule has 0 atom stereocenters. The molecule has 1 aliphatic rings. The van der Waals surface area contributed by atoms with E-state index in [4.69, 9.17) is 9.84 Å². The third-order valence-electron chi connectivity index (χ3n) is 2.18. The summed E-state index contributed by atoms with van der Waals surface area (Å²) in [6, 6.07) is 7.70. The summed E-state index contributed by atoms with van der Waals surface area (Å²) in [4.78, 5) is 10.5. The van der Waals surface area contributed by atoms with Gasteiger partial charge in [0.25, 0.3) is 0 Å². The normalized spacial score (nSPS) is 17.9. The molecule has 3 nitrogen and oxygen atoms in total. The number of hydrogen-bond acceptors (Lipinski definition) is 2. The first-order valence-corrected chi connectivity index (χ1v) is 4.37. The Morgan fingerprint density at radius 3 is 2.93 bits per heavy atom. The number of carboxylic acids is 1. The molecule has 1 aromatic carbocycles. The van der Waals surface area contributed by atoms with Crippen LogP contribution in [0.4, 0.5) is 0 Å². The van der Waals surface area contributed by atoms with Crippen molar-refractivity contribution >= 4 is 11.5 Å². The van der Waals surface area contributed by atoms with Crippen molar-refractivity contribution in [3.63, 3.8) is 0 Å². The first kappa shape index (κ1) is 8.97. The third kappa shape index (κ3) is 1.67. The number of aliphatic carboxylic acids is 1. The summed E-state index contributed by atoms with van der Waals surface area (Å²) in [5.74, 6) is -0.930. The van der Waals surface area contributed by atoms with Gasteiger partial charge in [0.05, 0.1) is 13.2 Å². The molecule has 0 amide bonds. The molecule has 0 aromatic heterocycles. The van der Waals surface area contributed by atoms with Crippen LogP contribution in [0.15, 0.2) is 30.3 Å². The lowest BCUT2D eigenvalue weighted by Crippen LogP contribution is -2.10. The fourth-order valence-electron chi connectivity index (χ4n) is 1.58. The van der Waals surface area contributed by atoms with Gasteiger partial charge >= 0.3 is 5.97 Å². The molecule has 2 rings (SSSR count). The zero-order valence-corrected chi connectivity index (χ0v) is 7.56. The van der Waals surface area contributed by atoms with E-state index < -0.39 is 5.97 Å². The number of fused-ring (bicyclic) bond motifs is 1. The van der Waals surface area contributed by atoms with Gasteiger partial charge in [-0.05, 0) is 16.7 Å². The first-order valence-electron chi connectivity index (χ1n) is 4.37. The van der Waals surface area contributed by atoms with Crippen LogP contribution in [0.25, 0.3) is 5.57 Å². The van der Waals surface area contributed by atoms with Crippen molar-refractivity contribution in [1.82, 2.24) is 0 Å². The second kappa shape index (κ2) is 3.64. The van der Waals surface area contributed by atoms with Gasteiger partial charge in [-0.15, -0.1) is 0 Å². The minimum Gasteiger partial charge on any atom is -0.478 e. The van der Waals surface area contributed by atoms with Crippen molar-refractivity contribution in [3.8, 4) is 0 Å². The topological polar surface area (TPSA) is 46.5 Å². The standard InChI is InChI=1S/C11H10O3/c12-11(13)5-9-7-14-6-8-3-1-2-4-10(8)9/h1-5H,6-7H2,(H,12,13)/b9-5+. The van der Waals surface area contributed by atoms with Gasteiger partial charge in [-0.25, -0.2) is 4.79 Å². The molecule has 0 saturated carbocycles. The summed E-state index contributed by atoms with van der Waals surface area (Å²) < 4.78 is 5.28. The van der Waals surface area contributed by atoms with Crippen LogP contribution in [0.1, 0.15) is 11.1 Å². The van der Waals surface area contributed by atoms with Crippen molar-refractivity contribution < 1.29 is 14.6 Å². The Labute approximate surface area is 81.6 Å². The van der Waals surface area contributed by atoms with Gasteiger partial charge in [-0.2, -0.15) is 0 Å². The predicted octanol–water partition coefficient (Wildman–Crippen LogP) is 1.68. The smallest absolute Gasteiger partial charge is 0.328 e. The SMILES string of the molecule is O=C(O)/C=C1\COCc2ccccc21. The molecule has 3 heteroatoms. The van der Waals surface area contributed by atoms with Gasteiger partial charge in [0.15, 0.2) is 0 Å². The molecular weight excluding hydrogens is 180 g/mol. The highest BCUT2D eigenvalue weighted by Gasteiger charge is 2.14. The van der Waals surface area contributed by atoms with Gasteiger partial charge in [0.1, 0.15) is 0 Å².